The average Bonchev–Trinajstić information content (AvgIpc) is 3.46. The number of oxazole rings is 1. The Morgan fingerprint density at radius 3 is 2.90 bits per heavy atom. The van der Waals surface area contributed by atoms with Gasteiger partial charge in [-0.25, -0.2) is 4.98 Å². The lowest BCUT2D eigenvalue weighted by Crippen LogP contribution is -2.14. The lowest BCUT2D eigenvalue weighted by atomic mass is 10.1. The number of aliphatic imine (C=N–C) groups is 1. The van der Waals surface area contributed by atoms with Crippen molar-refractivity contribution < 1.29 is 9.21 Å². The molecule has 1 fully saturated rings. The zero-order chi connectivity index (χ0) is 21.8. The summed E-state index contributed by atoms with van der Waals surface area (Å²) < 4.78 is 5.45. The molecule has 2 heterocycles. The van der Waals surface area contributed by atoms with Crippen LogP contribution in [0.25, 0.3) is 11.5 Å². The Hall–Kier alpha value is -3.99. The molecule has 0 unspecified atom stereocenters. The number of anilines is 2. The third kappa shape index (κ3) is 4.61. The highest BCUT2D eigenvalue weighted by molar-refractivity contribution is 6.04. The van der Waals surface area contributed by atoms with Crippen LogP contribution in [0.4, 0.5) is 11.4 Å². The highest BCUT2D eigenvalue weighted by atomic mass is 16.3. The first-order valence-corrected chi connectivity index (χ1v) is 10.1. The molecule has 3 N–H and O–H groups in total. The quantitative estimate of drug-likeness (QED) is 0.477. The third-order valence-electron chi connectivity index (χ3n) is 5.22. The summed E-state index contributed by atoms with van der Waals surface area (Å²) >= 11 is 0. The number of nitrogens with two attached hydrogens (primary N) is 1. The molecule has 0 spiro atoms. The molecule has 0 radical (unpaired) electrons. The van der Waals surface area contributed by atoms with E-state index in [2.05, 4.69) is 26.3 Å². The number of carbonyl (C=O) groups is 1. The highest BCUT2D eigenvalue weighted by Crippen LogP contribution is 2.25. The summed E-state index contributed by atoms with van der Waals surface area (Å²) in [5, 5.41) is 12.2. The molecule has 1 aliphatic carbocycles. The van der Waals surface area contributed by atoms with Crippen molar-refractivity contribution in [3.8, 4) is 17.5 Å². The number of hydrogen-bond acceptors (Lipinski definition) is 7. The summed E-state index contributed by atoms with van der Waals surface area (Å²) in [6, 6.07) is 9.15. The summed E-state index contributed by atoms with van der Waals surface area (Å²) in [5.41, 5.74) is 9.43. The van der Waals surface area contributed by atoms with Crippen molar-refractivity contribution in [3.63, 3.8) is 0 Å². The Bertz CT molecular complexity index is 1190. The Kier molecular flexibility index (Phi) is 5.76. The molecular formula is C23H22N6O2. The minimum Gasteiger partial charge on any atom is -0.444 e. The van der Waals surface area contributed by atoms with Gasteiger partial charge in [0.1, 0.15) is 12.3 Å². The lowest BCUT2D eigenvalue weighted by molar-refractivity contribution is 0.102. The fraction of sp³-hybridized carbons (Fsp3) is 0.261. The first kappa shape index (κ1) is 20.3. The van der Waals surface area contributed by atoms with Gasteiger partial charge in [0, 0.05) is 41.0 Å². The normalized spacial score (nSPS) is 14.1. The van der Waals surface area contributed by atoms with Crippen LogP contribution in [0.15, 0.2) is 46.1 Å². The van der Waals surface area contributed by atoms with Crippen LogP contribution in [0, 0.1) is 18.3 Å². The molecule has 0 saturated heterocycles. The topological polar surface area (TPSA) is 130 Å². The molecule has 0 bridgehead atoms. The highest BCUT2D eigenvalue weighted by Gasteiger charge is 2.17. The number of aryl methyl sites for hydroxylation is 1. The zero-order valence-corrected chi connectivity index (χ0v) is 17.1. The van der Waals surface area contributed by atoms with Gasteiger partial charge in [0.25, 0.3) is 5.91 Å². The number of aromatic nitrogens is 2. The molecule has 1 saturated carbocycles. The van der Waals surface area contributed by atoms with Crippen LogP contribution in [-0.2, 0) is 0 Å². The van der Waals surface area contributed by atoms with Crippen LogP contribution in [-0.4, -0.2) is 28.1 Å². The second-order valence-corrected chi connectivity index (χ2v) is 7.53. The van der Waals surface area contributed by atoms with E-state index in [9.17, 15) is 10.1 Å². The molecule has 3 aromatic rings. The maximum atomic E-state index is 12.7. The predicted molar refractivity (Wildman–Crippen MR) is 118 cm³/mol. The summed E-state index contributed by atoms with van der Waals surface area (Å²) in [6.07, 6.45) is 9.17. The number of hydrogen-bond donors (Lipinski definition) is 2. The molecule has 31 heavy (non-hydrogen) atoms. The smallest absolute Gasteiger partial charge is 0.277 e. The Balaban J connectivity index is 1.56. The molecule has 2 aromatic heterocycles. The van der Waals surface area contributed by atoms with Gasteiger partial charge >= 0.3 is 0 Å². The monoisotopic (exact) mass is 414 g/mol. The molecule has 0 atom stereocenters. The SMILES string of the molecule is Cc1cc(-c2nc(C(=O)Nc3cc(C=NC4CCCC4)c(N)cc3C#N)co2)ccn1. The second-order valence-electron chi connectivity index (χ2n) is 7.53. The van der Waals surface area contributed by atoms with Crippen molar-refractivity contribution in [1.82, 2.24) is 9.97 Å². The maximum absolute atomic E-state index is 12.7. The fourth-order valence-corrected chi connectivity index (χ4v) is 3.56. The molecule has 1 aliphatic rings. The van der Waals surface area contributed by atoms with Gasteiger partial charge < -0.3 is 15.5 Å². The van der Waals surface area contributed by atoms with Gasteiger partial charge in [-0.15, -0.1) is 0 Å². The summed E-state index contributed by atoms with van der Waals surface area (Å²) in [4.78, 5) is 25.7. The molecule has 8 nitrogen and oxygen atoms in total. The summed E-state index contributed by atoms with van der Waals surface area (Å²) in [6.45, 7) is 1.86. The van der Waals surface area contributed by atoms with Gasteiger partial charge in [0.05, 0.1) is 11.3 Å². The summed E-state index contributed by atoms with van der Waals surface area (Å²) in [5.74, 6) is -0.168. The predicted octanol–water partition coefficient (Wildman–Crippen LogP) is 4.11. The van der Waals surface area contributed by atoms with Crippen LogP contribution in [0.5, 0.6) is 0 Å². The minimum absolute atomic E-state index is 0.103. The average molecular weight is 414 g/mol. The molecule has 156 valence electrons. The van der Waals surface area contributed by atoms with Crippen LogP contribution in [0.1, 0.15) is 53.0 Å². The summed E-state index contributed by atoms with van der Waals surface area (Å²) in [7, 11) is 0. The van der Waals surface area contributed by atoms with E-state index in [0.717, 1.165) is 24.1 Å². The molecule has 8 heteroatoms. The van der Waals surface area contributed by atoms with Gasteiger partial charge in [-0.05, 0) is 44.0 Å². The Morgan fingerprint density at radius 2 is 2.16 bits per heavy atom. The van der Waals surface area contributed by atoms with E-state index < -0.39 is 5.91 Å². The van der Waals surface area contributed by atoms with E-state index in [1.165, 1.54) is 19.1 Å². The van der Waals surface area contributed by atoms with Gasteiger partial charge in [-0.1, -0.05) is 12.8 Å². The van der Waals surface area contributed by atoms with Crippen molar-refractivity contribution in [2.24, 2.45) is 4.99 Å². The zero-order valence-electron chi connectivity index (χ0n) is 17.1. The van der Waals surface area contributed by atoms with Gasteiger partial charge in [-0.2, -0.15) is 5.26 Å². The number of nitrogens with zero attached hydrogens (tertiary/aromatic N) is 4. The van der Waals surface area contributed by atoms with Crippen molar-refractivity contribution >= 4 is 23.5 Å². The van der Waals surface area contributed by atoms with Crippen LogP contribution < -0.4 is 11.1 Å². The standard InChI is InChI=1S/C23H22N6O2/c1-14-8-15(6-7-26-14)23-29-21(13-31-23)22(30)28-20-10-17(19(25)9-16(20)11-24)12-27-18-4-2-3-5-18/h6-10,12-13,18H,2-5,25H2,1H3,(H,28,30). The van der Waals surface area contributed by atoms with Gasteiger partial charge in [0.15, 0.2) is 5.69 Å². The number of carbonyl (C=O) groups excluding carboxylic acids is 1. The van der Waals surface area contributed by atoms with E-state index in [1.807, 2.05) is 13.0 Å². The van der Waals surface area contributed by atoms with E-state index >= 15 is 0 Å². The number of benzene rings is 1. The van der Waals surface area contributed by atoms with Crippen LogP contribution >= 0.6 is 0 Å². The van der Waals surface area contributed by atoms with Crippen molar-refractivity contribution in [1.29, 1.82) is 5.26 Å². The number of rotatable bonds is 5. The Labute approximate surface area is 179 Å². The molecule has 0 aliphatic heterocycles. The minimum atomic E-state index is -0.485. The van der Waals surface area contributed by atoms with Gasteiger partial charge in [-0.3, -0.25) is 14.8 Å². The number of nitriles is 1. The number of pyridine rings is 1. The third-order valence-corrected chi connectivity index (χ3v) is 5.22. The fourth-order valence-electron chi connectivity index (χ4n) is 3.56. The van der Waals surface area contributed by atoms with Crippen molar-refractivity contribution in [3.05, 3.63) is 59.2 Å². The van der Waals surface area contributed by atoms with Gasteiger partial charge in [0.2, 0.25) is 5.89 Å². The number of amides is 1. The maximum Gasteiger partial charge on any atom is 0.277 e. The molecule has 1 amide bonds. The van der Waals surface area contributed by atoms with E-state index in [-0.39, 0.29) is 11.3 Å². The van der Waals surface area contributed by atoms with E-state index in [0.29, 0.717) is 28.9 Å². The van der Waals surface area contributed by atoms with E-state index in [1.54, 1.807) is 30.6 Å². The first-order chi connectivity index (χ1) is 15.0. The second kappa shape index (κ2) is 8.79. The number of nitrogens with one attached hydrogen (secondary N) is 1. The molecule has 4 rings (SSSR count). The van der Waals surface area contributed by atoms with Crippen LogP contribution in [0.2, 0.25) is 0 Å². The lowest BCUT2D eigenvalue weighted by Gasteiger charge is -2.09. The van der Waals surface area contributed by atoms with Crippen LogP contribution in [0.3, 0.4) is 0 Å². The van der Waals surface area contributed by atoms with Crippen molar-refractivity contribution in [2.45, 2.75) is 38.6 Å². The van der Waals surface area contributed by atoms with E-state index in [4.69, 9.17) is 10.2 Å². The molecule has 1 aromatic carbocycles. The number of nitrogen functional groups attached to an aromatic ring is 1. The van der Waals surface area contributed by atoms with Crippen molar-refractivity contribution in [2.75, 3.05) is 11.1 Å². The largest absolute Gasteiger partial charge is 0.444 e. The molecular weight excluding hydrogens is 392 g/mol. The Morgan fingerprint density at radius 1 is 1.35 bits per heavy atom. The first-order valence-electron chi connectivity index (χ1n) is 10.1.